The highest BCUT2D eigenvalue weighted by Crippen LogP contribution is 2.13. The van der Waals surface area contributed by atoms with Crippen molar-refractivity contribution >= 4 is 24.2 Å². The fourth-order valence-electron chi connectivity index (χ4n) is 3.55. The van der Waals surface area contributed by atoms with Gasteiger partial charge in [-0.15, -0.1) is 12.4 Å². The molecule has 7 heteroatoms. The van der Waals surface area contributed by atoms with E-state index < -0.39 is 6.10 Å². The lowest BCUT2D eigenvalue weighted by Crippen LogP contribution is -2.54. The molecular weight excluding hydrogens is 354 g/mol. The normalized spacial score (nSPS) is 22.8. The molecule has 0 aromatic heterocycles. The molecule has 2 heterocycles. The number of amides is 2. The first-order valence-corrected chi connectivity index (χ1v) is 9.15. The summed E-state index contributed by atoms with van der Waals surface area (Å²) in [5.41, 5.74) is 1.26. The largest absolute Gasteiger partial charge is 0.392 e. The molecular formula is C19H28ClN3O3. The number of rotatable bonds is 5. The van der Waals surface area contributed by atoms with Crippen LogP contribution in [0, 0.1) is 0 Å². The minimum atomic E-state index is -0.429. The van der Waals surface area contributed by atoms with Gasteiger partial charge in [0.1, 0.15) is 0 Å². The number of benzene rings is 1. The maximum absolute atomic E-state index is 12.4. The predicted octanol–water partition coefficient (Wildman–Crippen LogP) is 0.825. The van der Waals surface area contributed by atoms with E-state index in [9.17, 15) is 14.7 Å². The van der Waals surface area contributed by atoms with Crippen molar-refractivity contribution in [3.8, 4) is 0 Å². The lowest BCUT2D eigenvalue weighted by Gasteiger charge is -2.36. The molecule has 6 nitrogen and oxygen atoms in total. The third kappa shape index (κ3) is 5.43. The fourth-order valence-corrected chi connectivity index (χ4v) is 3.55. The van der Waals surface area contributed by atoms with Gasteiger partial charge in [0.05, 0.1) is 12.1 Å². The van der Waals surface area contributed by atoms with Gasteiger partial charge in [0.15, 0.2) is 0 Å². The highest BCUT2D eigenvalue weighted by molar-refractivity contribution is 5.85. The van der Waals surface area contributed by atoms with Gasteiger partial charge in [-0.3, -0.25) is 9.59 Å². The molecule has 0 radical (unpaired) electrons. The van der Waals surface area contributed by atoms with E-state index in [0.29, 0.717) is 45.6 Å². The average molecular weight is 382 g/mol. The van der Waals surface area contributed by atoms with Crippen LogP contribution in [0.5, 0.6) is 0 Å². The molecule has 26 heavy (non-hydrogen) atoms. The van der Waals surface area contributed by atoms with Gasteiger partial charge >= 0.3 is 0 Å². The Kier molecular flexibility index (Phi) is 7.87. The van der Waals surface area contributed by atoms with Crippen molar-refractivity contribution in [2.45, 2.75) is 37.8 Å². The molecule has 2 saturated heterocycles. The van der Waals surface area contributed by atoms with E-state index in [0.717, 1.165) is 12.8 Å². The Labute approximate surface area is 161 Å². The molecule has 144 valence electrons. The zero-order valence-electron chi connectivity index (χ0n) is 15.0. The molecule has 1 aromatic carbocycles. The van der Waals surface area contributed by atoms with Gasteiger partial charge in [-0.25, -0.2) is 0 Å². The summed E-state index contributed by atoms with van der Waals surface area (Å²) in [7, 11) is 0. The Morgan fingerprint density at radius 2 is 1.73 bits per heavy atom. The number of aliphatic hydroxyl groups excluding tert-OH is 1. The van der Waals surface area contributed by atoms with Crippen LogP contribution in [-0.2, 0) is 16.0 Å². The second kappa shape index (κ2) is 9.90. The molecule has 0 aliphatic carbocycles. The fraction of sp³-hybridized carbons (Fsp3) is 0.579. The Hall–Kier alpha value is -1.63. The molecule has 0 saturated carbocycles. The molecule has 2 unspecified atom stereocenters. The average Bonchev–Trinajstić information content (AvgIpc) is 3.08. The Balaban J connectivity index is 0.00000243. The quantitative estimate of drug-likeness (QED) is 0.792. The Bertz CT molecular complexity index is 591. The number of nitrogens with zero attached hydrogens (tertiary/aromatic N) is 2. The summed E-state index contributed by atoms with van der Waals surface area (Å²) in [6, 6.07) is 9.93. The van der Waals surface area contributed by atoms with Gasteiger partial charge in [0, 0.05) is 39.1 Å². The first kappa shape index (κ1) is 20.7. The van der Waals surface area contributed by atoms with E-state index in [4.69, 9.17) is 0 Å². The molecule has 2 fully saturated rings. The Morgan fingerprint density at radius 3 is 2.35 bits per heavy atom. The number of nitrogens with one attached hydrogen (secondary N) is 1. The number of aliphatic hydroxyl groups is 1. The lowest BCUT2D eigenvalue weighted by molar-refractivity contribution is -0.140. The van der Waals surface area contributed by atoms with E-state index in [1.807, 2.05) is 28.0 Å². The molecule has 3 rings (SSSR count). The van der Waals surface area contributed by atoms with E-state index in [2.05, 4.69) is 17.4 Å². The second-order valence-corrected chi connectivity index (χ2v) is 6.90. The Morgan fingerprint density at radius 1 is 1.08 bits per heavy atom. The number of carbonyl (C=O) groups excluding carboxylic acids is 2. The number of hydrogen-bond donors (Lipinski definition) is 2. The van der Waals surface area contributed by atoms with Crippen molar-refractivity contribution in [3.05, 3.63) is 35.9 Å². The summed E-state index contributed by atoms with van der Waals surface area (Å²) >= 11 is 0. The van der Waals surface area contributed by atoms with Crippen molar-refractivity contribution in [1.29, 1.82) is 0 Å². The molecule has 0 spiro atoms. The summed E-state index contributed by atoms with van der Waals surface area (Å²) in [5.74, 6) is 0.227. The lowest BCUT2D eigenvalue weighted by atomic mass is 10.1. The third-order valence-electron chi connectivity index (χ3n) is 5.05. The summed E-state index contributed by atoms with van der Waals surface area (Å²) in [5, 5.41) is 12.6. The van der Waals surface area contributed by atoms with Crippen molar-refractivity contribution in [2.24, 2.45) is 0 Å². The highest BCUT2D eigenvalue weighted by atomic mass is 35.5. The minimum Gasteiger partial charge on any atom is -0.392 e. The first-order chi connectivity index (χ1) is 12.1. The smallest absolute Gasteiger partial charge is 0.239 e. The van der Waals surface area contributed by atoms with Gasteiger partial charge in [0.2, 0.25) is 11.8 Å². The van der Waals surface area contributed by atoms with E-state index in [-0.39, 0.29) is 30.3 Å². The number of carbonyl (C=O) groups is 2. The van der Waals surface area contributed by atoms with E-state index in [1.54, 1.807) is 0 Å². The van der Waals surface area contributed by atoms with E-state index >= 15 is 0 Å². The van der Waals surface area contributed by atoms with Crippen LogP contribution in [0.2, 0.25) is 0 Å². The van der Waals surface area contributed by atoms with Crippen LogP contribution in [0.25, 0.3) is 0 Å². The summed E-state index contributed by atoms with van der Waals surface area (Å²) in [6.45, 7) is 2.85. The van der Waals surface area contributed by atoms with Crippen LogP contribution in [0.3, 0.4) is 0 Å². The minimum absolute atomic E-state index is 0. The molecule has 2 amide bonds. The molecule has 2 aliphatic heterocycles. The van der Waals surface area contributed by atoms with Gasteiger partial charge in [-0.2, -0.15) is 0 Å². The molecule has 2 atom stereocenters. The van der Waals surface area contributed by atoms with Crippen LogP contribution in [0.15, 0.2) is 30.3 Å². The maximum atomic E-state index is 12.4. The van der Waals surface area contributed by atoms with Gasteiger partial charge in [0.25, 0.3) is 0 Å². The molecule has 1 aromatic rings. The molecule has 2 aliphatic rings. The van der Waals surface area contributed by atoms with Crippen molar-refractivity contribution in [2.75, 3.05) is 32.7 Å². The second-order valence-electron chi connectivity index (χ2n) is 6.90. The van der Waals surface area contributed by atoms with Crippen molar-refractivity contribution < 1.29 is 14.7 Å². The topological polar surface area (TPSA) is 72.9 Å². The van der Waals surface area contributed by atoms with Crippen LogP contribution >= 0.6 is 12.4 Å². The zero-order valence-corrected chi connectivity index (χ0v) is 15.8. The first-order valence-electron chi connectivity index (χ1n) is 9.15. The molecule has 2 N–H and O–H groups in total. The van der Waals surface area contributed by atoms with Crippen LogP contribution in [0.1, 0.15) is 24.8 Å². The number of piperazine rings is 1. The van der Waals surface area contributed by atoms with Crippen molar-refractivity contribution in [3.63, 3.8) is 0 Å². The van der Waals surface area contributed by atoms with Crippen LogP contribution in [-0.4, -0.2) is 71.6 Å². The predicted molar refractivity (Wildman–Crippen MR) is 102 cm³/mol. The summed E-state index contributed by atoms with van der Waals surface area (Å²) < 4.78 is 0. The number of β-amino-alcohol motifs (C(OH)–C–C–N with tert-alkyl or cyclic N) is 1. The van der Waals surface area contributed by atoms with Crippen LogP contribution < -0.4 is 5.32 Å². The van der Waals surface area contributed by atoms with Gasteiger partial charge in [-0.05, 0) is 24.8 Å². The van der Waals surface area contributed by atoms with Gasteiger partial charge < -0.3 is 20.2 Å². The van der Waals surface area contributed by atoms with Crippen molar-refractivity contribution in [1.82, 2.24) is 15.1 Å². The molecule has 0 bridgehead atoms. The summed E-state index contributed by atoms with van der Waals surface area (Å²) in [6.07, 6.45) is 2.38. The number of hydrogen-bond acceptors (Lipinski definition) is 4. The van der Waals surface area contributed by atoms with Crippen LogP contribution in [0.4, 0.5) is 0 Å². The zero-order chi connectivity index (χ0) is 17.6. The summed E-state index contributed by atoms with van der Waals surface area (Å²) in [4.78, 5) is 28.4. The standard InChI is InChI=1S/C19H27N3O3.ClH/c23-16-13-17(20-14-16)19(25)22-11-9-21(10-12-22)18(24)8-4-7-15-5-2-1-3-6-15;/h1-3,5-6,16-17,20,23H,4,7-14H2;1H. The highest BCUT2D eigenvalue weighted by Gasteiger charge is 2.33. The number of aryl methyl sites for hydroxylation is 1. The monoisotopic (exact) mass is 381 g/mol. The SMILES string of the molecule is Cl.O=C(CCCc1ccccc1)N1CCN(C(=O)C2CC(O)CN2)CC1. The van der Waals surface area contributed by atoms with E-state index in [1.165, 1.54) is 5.56 Å². The van der Waals surface area contributed by atoms with Gasteiger partial charge in [-0.1, -0.05) is 30.3 Å². The maximum Gasteiger partial charge on any atom is 0.239 e. The third-order valence-corrected chi connectivity index (χ3v) is 5.05. The number of halogens is 1.